The van der Waals surface area contributed by atoms with Gasteiger partial charge in [-0.3, -0.25) is 14.7 Å². The summed E-state index contributed by atoms with van der Waals surface area (Å²) in [4.78, 5) is 26.2. The SMILES string of the molecule is CC(C)(C)CN1Cc2c(cc(Br)c3[nH]ncc23)CC[C@@H](CC(=O)O)C1=O. The number of rotatable bonds is 3. The molecular formula is C19H24BrN3O3. The molecule has 1 amide bonds. The second kappa shape index (κ2) is 7.02. The average Bonchev–Trinajstić information content (AvgIpc) is 3.00. The third-order valence-electron chi connectivity index (χ3n) is 4.75. The number of aromatic amines is 1. The van der Waals surface area contributed by atoms with Gasteiger partial charge < -0.3 is 10.0 Å². The van der Waals surface area contributed by atoms with E-state index in [0.29, 0.717) is 25.9 Å². The molecular weight excluding hydrogens is 398 g/mol. The Morgan fingerprint density at radius 2 is 2.19 bits per heavy atom. The van der Waals surface area contributed by atoms with Crippen molar-refractivity contribution in [1.82, 2.24) is 15.1 Å². The number of carbonyl (C=O) groups excluding carboxylic acids is 1. The zero-order valence-corrected chi connectivity index (χ0v) is 16.9. The largest absolute Gasteiger partial charge is 0.481 e. The maximum atomic E-state index is 13.1. The van der Waals surface area contributed by atoms with Crippen LogP contribution in [0, 0.1) is 11.3 Å². The van der Waals surface area contributed by atoms with Crippen LogP contribution in [0.15, 0.2) is 16.7 Å². The van der Waals surface area contributed by atoms with Gasteiger partial charge in [-0.15, -0.1) is 0 Å². The molecule has 0 aliphatic carbocycles. The number of carboxylic acids is 1. The van der Waals surface area contributed by atoms with Gasteiger partial charge in [0.2, 0.25) is 5.91 Å². The third kappa shape index (κ3) is 3.92. The molecule has 1 aromatic carbocycles. The van der Waals surface area contributed by atoms with E-state index >= 15 is 0 Å². The molecule has 3 rings (SSSR count). The predicted molar refractivity (Wildman–Crippen MR) is 103 cm³/mol. The summed E-state index contributed by atoms with van der Waals surface area (Å²) in [5.74, 6) is -1.47. The molecule has 1 aliphatic heterocycles. The van der Waals surface area contributed by atoms with Gasteiger partial charge in [-0.2, -0.15) is 5.10 Å². The van der Waals surface area contributed by atoms with Crippen molar-refractivity contribution in [2.24, 2.45) is 11.3 Å². The highest BCUT2D eigenvalue weighted by molar-refractivity contribution is 9.10. The molecule has 2 N–H and O–H groups in total. The minimum absolute atomic E-state index is 0.0625. The Balaban J connectivity index is 2.07. The van der Waals surface area contributed by atoms with Gasteiger partial charge in [-0.1, -0.05) is 20.8 Å². The highest BCUT2D eigenvalue weighted by Crippen LogP contribution is 2.34. The number of halogens is 1. The molecule has 0 spiro atoms. The lowest BCUT2D eigenvalue weighted by Crippen LogP contribution is -2.42. The summed E-state index contributed by atoms with van der Waals surface area (Å²) in [6, 6.07) is 2.07. The van der Waals surface area contributed by atoms with Gasteiger partial charge >= 0.3 is 5.97 Å². The Bertz CT molecular complexity index is 854. The molecule has 2 aromatic rings. The first-order valence-electron chi connectivity index (χ1n) is 8.79. The number of carboxylic acid groups (broad SMARTS) is 1. The van der Waals surface area contributed by atoms with Gasteiger partial charge in [-0.25, -0.2) is 0 Å². The van der Waals surface area contributed by atoms with E-state index in [1.807, 2.05) is 4.90 Å². The number of fused-ring (bicyclic) bond motifs is 3. The van der Waals surface area contributed by atoms with Crippen LogP contribution in [-0.2, 0) is 22.6 Å². The summed E-state index contributed by atoms with van der Waals surface area (Å²) in [6.07, 6.45) is 2.90. The first kappa shape index (κ1) is 18.9. The molecule has 0 fully saturated rings. The van der Waals surface area contributed by atoms with Gasteiger partial charge in [0.05, 0.1) is 18.1 Å². The third-order valence-corrected chi connectivity index (χ3v) is 5.38. The van der Waals surface area contributed by atoms with Crippen molar-refractivity contribution in [3.8, 4) is 0 Å². The molecule has 0 radical (unpaired) electrons. The predicted octanol–water partition coefficient (Wildman–Crippen LogP) is 3.74. The summed E-state index contributed by atoms with van der Waals surface area (Å²) in [6.45, 7) is 7.31. The Morgan fingerprint density at radius 1 is 1.46 bits per heavy atom. The molecule has 6 nitrogen and oxygen atoms in total. The number of nitrogens with zero attached hydrogens (tertiary/aromatic N) is 2. The van der Waals surface area contributed by atoms with Crippen LogP contribution in [0.3, 0.4) is 0 Å². The molecule has 1 aliphatic rings. The van der Waals surface area contributed by atoms with E-state index in [-0.39, 0.29) is 17.7 Å². The van der Waals surface area contributed by atoms with E-state index in [9.17, 15) is 14.7 Å². The fraction of sp³-hybridized carbons (Fsp3) is 0.526. The monoisotopic (exact) mass is 421 g/mol. The van der Waals surface area contributed by atoms with Crippen LogP contribution in [0.25, 0.3) is 10.9 Å². The number of carbonyl (C=O) groups is 2. The van der Waals surface area contributed by atoms with Crippen molar-refractivity contribution in [1.29, 1.82) is 0 Å². The van der Waals surface area contributed by atoms with Gasteiger partial charge in [0, 0.05) is 28.9 Å². The Hall–Kier alpha value is -1.89. The number of H-pyrrole nitrogens is 1. The number of nitrogens with one attached hydrogen (secondary N) is 1. The smallest absolute Gasteiger partial charge is 0.304 e. The standard InChI is InChI=1S/C19H24BrN3O3/c1-19(2,3)10-23-9-14-11(4-5-12(18(23)26)7-16(24)25)6-15(20)17-13(14)8-21-22-17/h6,8,12H,4-5,7,9-10H2,1-3H3,(H,21,22)(H,24,25)/t12-/m0/s1. The number of hydrogen-bond donors (Lipinski definition) is 2. The maximum absolute atomic E-state index is 13.1. The second-order valence-corrected chi connectivity index (χ2v) is 9.10. The maximum Gasteiger partial charge on any atom is 0.304 e. The summed E-state index contributed by atoms with van der Waals surface area (Å²) in [5, 5.41) is 17.4. The second-order valence-electron chi connectivity index (χ2n) is 8.24. The van der Waals surface area contributed by atoms with Crippen LogP contribution < -0.4 is 0 Å². The van der Waals surface area contributed by atoms with E-state index in [1.165, 1.54) is 0 Å². The lowest BCUT2D eigenvalue weighted by molar-refractivity contribution is -0.145. The quantitative estimate of drug-likeness (QED) is 0.789. The molecule has 0 unspecified atom stereocenters. The number of benzene rings is 1. The summed E-state index contributed by atoms with van der Waals surface area (Å²) >= 11 is 3.59. The van der Waals surface area contributed by atoms with Crippen LogP contribution in [0.5, 0.6) is 0 Å². The van der Waals surface area contributed by atoms with Crippen LogP contribution in [-0.4, -0.2) is 38.6 Å². The van der Waals surface area contributed by atoms with E-state index in [0.717, 1.165) is 26.5 Å². The van der Waals surface area contributed by atoms with E-state index in [4.69, 9.17) is 0 Å². The van der Waals surface area contributed by atoms with Gasteiger partial charge in [0.15, 0.2) is 0 Å². The Kier molecular flexibility index (Phi) is 5.10. The van der Waals surface area contributed by atoms with Crippen molar-refractivity contribution in [3.05, 3.63) is 27.9 Å². The number of aryl methyl sites for hydroxylation is 1. The topological polar surface area (TPSA) is 86.3 Å². The fourth-order valence-electron chi connectivity index (χ4n) is 3.68. The number of amides is 1. The highest BCUT2D eigenvalue weighted by atomic mass is 79.9. The molecule has 140 valence electrons. The average molecular weight is 422 g/mol. The highest BCUT2D eigenvalue weighted by Gasteiger charge is 2.32. The summed E-state index contributed by atoms with van der Waals surface area (Å²) in [5.41, 5.74) is 3.10. The summed E-state index contributed by atoms with van der Waals surface area (Å²) in [7, 11) is 0. The van der Waals surface area contributed by atoms with Crippen molar-refractivity contribution >= 4 is 38.7 Å². The Morgan fingerprint density at radius 3 is 2.85 bits per heavy atom. The summed E-state index contributed by atoms with van der Waals surface area (Å²) < 4.78 is 0.938. The van der Waals surface area contributed by atoms with Crippen LogP contribution in [0.2, 0.25) is 0 Å². The van der Waals surface area contributed by atoms with Crippen molar-refractivity contribution in [3.63, 3.8) is 0 Å². The molecule has 1 aromatic heterocycles. The zero-order valence-electron chi connectivity index (χ0n) is 15.3. The lowest BCUT2D eigenvalue weighted by Gasteiger charge is -2.35. The van der Waals surface area contributed by atoms with E-state index < -0.39 is 11.9 Å². The zero-order chi connectivity index (χ0) is 19.1. The van der Waals surface area contributed by atoms with Crippen LogP contribution in [0.4, 0.5) is 0 Å². The minimum Gasteiger partial charge on any atom is -0.481 e. The number of hydrogen-bond acceptors (Lipinski definition) is 3. The molecule has 7 heteroatoms. The van der Waals surface area contributed by atoms with Gasteiger partial charge in [0.1, 0.15) is 0 Å². The van der Waals surface area contributed by atoms with Crippen LogP contribution in [0.1, 0.15) is 44.7 Å². The molecule has 26 heavy (non-hydrogen) atoms. The minimum atomic E-state index is -0.925. The van der Waals surface area contributed by atoms with Crippen molar-refractivity contribution in [2.45, 2.75) is 46.6 Å². The fourth-order valence-corrected chi connectivity index (χ4v) is 4.26. The first-order valence-corrected chi connectivity index (χ1v) is 9.59. The molecule has 0 bridgehead atoms. The molecule has 0 saturated carbocycles. The van der Waals surface area contributed by atoms with E-state index in [2.05, 4.69) is 53.0 Å². The molecule has 0 saturated heterocycles. The number of aliphatic carboxylic acids is 1. The molecule has 2 heterocycles. The van der Waals surface area contributed by atoms with Crippen molar-refractivity contribution < 1.29 is 14.7 Å². The van der Waals surface area contributed by atoms with Gasteiger partial charge in [-0.05, 0) is 51.4 Å². The normalized spacial score (nSPS) is 18.5. The van der Waals surface area contributed by atoms with Gasteiger partial charge in [0.25, 0.3) is 0 Å². The number of aromatic nitrogens is 2. The van der Waals surface area contributed by atoms with Crippen LogP contribution >= 0.6 is 15.9 Å². The lowest BCUT2D eigenvalue weighted by atomic mass is 9.87. The van der Waals surface area contributed by atoms with E-state index in [1.54, 1.807) is 6.20 Å². The first-order chi connectivity index (χ1) is 12.2. The Labute approximate surface area is 161 Å². The van der Waals surface area contributed by atoms with Crippen molar-refractivity contribution in [2.75, 3.05) is 6.54 Å². The molecule has 1 atom stereocenters.